The van der Waals surface area contributed by atoms with Gasteiger partial charge in [-0.2, -0.15) is 5.10 Å². The lowest BCUT2D eigenvalue weighted by Gasteiger charge is -2.13. The van der Waals surface area contributed by atoms with Gasteiger partial charge in [-0.25, -0.2) is 5.43 Å². The summed E-state index contributed by atoms with van der Waals surface area (Å²) in [5.74, 6) is 1.75. The average molecular weight is 594 g/mol. The number of carbonyl (C=O) groups is 1. The van der Waals surface area contributed by atoms with Crippen LogP contribution in [0.3, 0.4) is 0 Å². The molecule has 4 aromatic rings. The molecule has 9 heteroatoms. The lowest BCUT2D eigenvalue weighted by Crippen LogP contribution is -2.17. The van der Waals surface area contributed by atoms with E-state index in [1.165, 1.54) is 6.21 Å². The first-order chi connectivity index (χ1) is 20.0. The van der Waals surface area contributed by atoms with Gasteiger partial charge in [-0.15, -0.1) is 0 Å². The minimum Gasteiger partial charge on any atom is -0.490 e. The fraction of sp³-hybridized carbons (Fsp3) is 0.188. The number of nitrogens with zero attached hydrogens (tertiary/aromatic N) is 1. The van der Waals surface area contributed by atoms with Crippen LogP contribution in [0.25, 0.3) is 0 Å². The van der Waals surface area contributed by atoms with Gasteiger partial charge in [-0.05, 0) is 73.5 Å². The Labute approximate surface area is 249 Å². The molecule has 0 fully saturated rings. The molecule has 1 N–H and O–H groups in total. The van der Waals surface area contributed by atoms with Crippen LogP contribution < -0.4 is 24.4 Å². The van der Waals surface area contributed by atoms with Crippen LogP contribution in [0.5, 0.6) is 23.0 Å². The molecule has 0 aromatic heterocycles. The number of hydrazone groups is 1. The number of amides is 1. The van der Waals surface area contributed by atoms with E-state index in [1.54, 1.807) is 42.5 Å². The monoisotopic (exact) mass is 592 g/mol. The topological polar surface area (TPSA) is 78.4 Å². The SMILES string of the molecule is CCOc1cc(C(=O)N/N=C/c2ccc(OCc3ccc(Cl)cc3Cl)c(OCC)c2)ccc1OCc1ccccc1. The predicted molar refractivity (Wildman–Crippen MR) is 162 cm³/mol. The summed E-state index contributed by atoms with van der Waals surface area (Å²) in [4.78, 5) is 12.8. The maximum absolute atomic E-state index is 12.8. The molecule has 4 rings (SSSR count). The third-order valence-corrected chi connectivity index (χ3v) is 6.38. The van der Waals surface area contributed by atoms with Crippen LogP contribution in [-0.2, 0) is 13.2 Å². The Hall–Kier alpha value is -4.20. The van der Waals surface area contributed by atoms with Crippen LogP contribution in [0.2, 0.25) is 10.0 Å². The van der Waals surface area contributed by atoms with Crippen LogP contribution >= 0.6 is 23.2 Å². The predicted octanol–water partition coefficient (Wildman–Crippen LogP) is 7.71. The van der Waals surface area contributed by atoms with Gasteiger partial charge in [0.15, 0.2) is 23.0 Å². The zero-order valence-corrected chi connectivity index (χ0v) is 24.2. The van der Waals surface area contributed by atoms with E-state index in [9.17, 15) is 4.79 Å². The average Bonchev–Trinajstić information content (AvgIpc) is 2.97. The molecule has 0 bridgehead atoms. The molecule has 212 valence electrons. The van der Waals surface area contributed by atoms with E-state index >= 15 is 0 Å². The molecule has 0 saturated heterocycles. The van der Waals surface area contributed by atoms with Crippen molar-refractivity contribution in [2.75, 3.05) is 13.2 Å². The molecule has 0 aliphatic rings. The molecule has 0 atom stereocenters. The van der Waals surface area contributed by atoms with Crippen molar-refractivity contribution in [3.05, 3.63) is 117 Å². The van der Waals surface area contributed by atoms with E-state index in [0.29, 0.717) is 64.0 Å². The van der Waals surface area contributed by atoms with Gasteiger partial charge < -0.3 is 18.9 Å². The van der Waals surface area contributed by atoms with Crippen molar-refractivity contribution in [3.63, 3.8) is 0 Å². The number of halogens is 2. The molecule has 0 spiro atoms. The molecule has 1 amide bonds. The quantitative estimate of drug-likeness (QED) is 0.127. The molecule has 0 unspecified atom stereocenters. The highest BCUT2D eigenvalue weighted by atomic mass is 35.5. The number of ether oxygens (including phenoxy) is 4. The highest BCUT2D eigenvalue weighted by molar-refractivity contribution is 6.35. The second-order valence-corrected chi connectivity index (χ2v) is 9.58. The number of nitrogens with one attached hydrogen (secondary N) is 1. The Morgan fingerprint density at radius 1 is 0.756 bits per heavy atom. The third-order valence-electron chi connectivity index (χ3n) is 5.79. The maximum Gasteiger partial charge on any atom is 0.271 e. The van der Waals surface area contributed by atoms with Crippen molar-refractivity contribution in [2.45, 2.75) is 27.1 Å². The molecule has 0 saturated carbocycles. The highest BCUT2D eigenvalue weighted by Crippen LogP contribution is 2.31. The lowest BCUT2D eigenvalue weighted by atomic mass is 10.2. The van der Waals surface area contributed by atoms with Gasteiger partial charge in [0, 0.05) is 21.2 Å². The molecule has 0 aliphatic heterocycles. The molecule has 41 heavy (non-hydrogen) atoms. The second kappa shape index (κ2) is 15.0. The standard InChI is InChI=1S/C32H30Cl2N2O5/c1-3-38-30-16-23(10-14-28(30)41-21-25-11-13-26(33)18-27(25)34)19-35-36-32(37)24-12-15-29(31(17-24)39-4-2)40-20-22-8-6-5-7-9-22/h5-19H,3-4,20-21H2,1-2H3,(H,36,37)/b35-19+. The van der Waals surface area contributed by atoms with Crippen LogP contribution in [0, 0.1) is 0 Å². The van der Waals surface area contributed by atoms with Crippen molar-refractivity contribution < 1.29 is 23.7 Å². The van der Waals surface area contributed by atoms with Gasteiger partial charge in [0.1, 0.15) is 13.2 Å². The number of carbonyl (C=O) groups excluding carboxylic acids is 1. The van der Waals surface area contributed by atoms with Gasteiger partial charge in [0.2, 0.25) is 0 Å². The zero-order chi connectivity index (χ0) is 29.0. The van der Waals surface area contributed by atoms with Gasteiger partial charge in [-0.3, -0.25) is 4.79 Å². The summed E-state index contributed by atoms with van der Waals surface area (Å²) >= 11 is 12.2. The van der Waals surface area contributed by atoms with E-state index in [2.05, 4.69) is 10.5 Å². The van der Waals surface area contributed by atoms with Crippen LogP contribution in [0.4, 0.5) is 0 Å². The van der Waals surface area contributed by atoms with E-state index in [-0.39, 0.29) is 12.5 Å². The fourth-order valence-electron chi connectivity index (χ4n) is 3.79. The molecule has 0 aliphatic carbocycles. The van der Waals surface area contributed by atoms with Crippen LogP contribution in [-0.4, -0.2) is 25.3 Å². The lowest BCUT2D eigenvalue weighted by molar-refractivity contribution is 0.0954. The normalized spacial score (nSPS) is 10.8. The Morgan fingerprint density at radius 3 is 2.15 bits per heavy atom. The highest BCUT2D eigenvalue weighted by Gasteiger charge is 2.12. The van der Waals surface area contributed by atoms with Crippen molar-refractivity contribution in [2.24, 2.45) is 5.10 Å². The van der Waals surface area contributed by atoms with Gasteiger partial charge in [0.25, 0.3) is 5.91 Å². The van der Waals surface area contributed by atoms with E-state index < -0.39 is 0 Å². The Bertz CT molecular complexity index is 1500. The van der Waals surface area contributed by atoms with Gasteiger partial charge >= 0.3 is 0 Å². The summed E-state index contributed by atoms with van der Waals surface area (Å²) in [6.45, 7) is 5.27. The van der Waals surface area contributed by atoms with Crippen molar-refractivity contribution in [1.29, 1.82) is 0 Å². The third kappa shape index (κ3) is 8.64. The molecular formula is C32H30Cl2N2O5. The fourth-order valence-corrected chi connectivity index (χ4v) is 4.25. The zero-order valence-electron chi connectivity index (χ0n) is 22.7. The molecule has 0 heterocycles. The van der Waals surface area contributed by atoms with E-state index in [0.717, 1.165) is 11.1 Å². The first kappa shape index (κ1) is 29.8. The Morgan fingerprint density at radius 2 is 1.44 bits per heavy atom. The molecule has 7 nitrogen and oxygen atoms in total. The maximum atomic E-state index is 12.8. The minimum atomic E-state index is -0.387. The first-order valence-corrected chi connectivity index (χ1v) is 13.8. The molecule has 4 aromatic carbocycles. The summed E-state index contributed by atoms with van der Waals surface area (Å²) in [5, 5.41) is 5.20. The summed E-state index contributed by atoms with van der Waals surface area (Å²) in [6.07, 6.45) is 1.53. The summed E-state index contributed by atoms with van der Waals surface area (Å²) < 4.78 is 23.3. The van der Waals surface area contributed by atoms with Crippen LogP contribution in [0.1, 0.15) is 40.9 Å². The summed E-state index contributed by atoms with van der Waals surface area (Å²) in [6, 6.07) is 25.5. The number of rotatable bonds is 13. The number of hydrogen-bond donors (Lipinski definition) is 1. The second-order valence-electron chi connectivity index (χ2n) is 8.73. The largest absolute Gasteiger partial charge is 0.490 e. The van der Waals surface area contributed by atoms with Crippen LogP contribution in [0.15, 0.2) is 90.0 Å². The van der Waals surface area contributed by atoms with E-state index in [1.807, 2.05) is 56.3 Å². The summed E-state index contributed by atoms with van der Waals surface area (Å²) in [5.41, 5.74) is 5.49. The Kier molecular flexibility index (Phi) is 10.9. The smallest absolute Gasteiger partial charge is 0.271 e. The summed E-state index contributed by atoms with van der Waals surface area (Å²) in [7, 11) is 0. The van der Waals surface area contributed by atoms with Gasteiger partial charge in [0.05, 0.1) is 19.4 Å². The Balaban J connectivity index is 1.39. The first-order valence-electron chi connectivity index (χ1n) is 13.1. The molecule has 0 radical (unpaired) electrons. The minimum absolute atomic E-state index is 0.249. The van der Waals surface area contributed by atoms with E-state index in [4.69, 9.17) is 42.1 Å². The number of hydrogen-bond acceptors (Lipinski definition) is 6. The van der Waals surface area contributed by atoms with Gasteiger partial charge in [-0.1, -0.05) is 59.6 Å². The molecular weight excluding hydrogens is 563 g/mol. The van der Waals surface area contributed by atoms with Crippen molar-refractivity contribution >= 4 is 35.3 Å². The van der Waals surface area contributed by atoms with Crippen molar-refractivity contribution in [3.8, 4) is 23.0 Å². The van der Waals surface area contributed by atoms with Crippen molar-refractivity contribution in [1.82, 2.24) is 5.43 Å². The number of benzene rings is 4.